The van der Waals surface area contributed by atoms with Crippen molar-refractivity contribution >= 4 is 22.9 Å². The number of anilines is 1. The second-order valence-corrected chi connectivity index (χ2v) is 7.83. The highest BCUT2D eigenvalue weighted by atomic mass is 16.1. The van der Waals surface area contributed by atoms with Crippen molar-refractivity contribution in [2.24, 2.45) is 5.92 Å². The van der Waals surface area contributed by atoms with E-state index in [0.29, 0.717) is 6.54 Å². The molecule has 146 valence electrons. The third-order valence-electron chi connectivity index (χ3n) is 5.67. The average Bonchev–Trinajstić information content (AvgIpc) is 3.13. The van der Waals surface area contributed by atoms with Crippen LogP contribution in [-0.4, -0.2) is 35.5 Å². The van der Waals surface area contributed by atoms with Crippen LogP contribution in [0.1, 0.15) is 29.5 Å². The summed E-state index contributed by atoms with van der Waals surface area (Å²) in [7, 11) is 0. The van der Waals surface area contributed by atoms with Crippen LogP contribution in [0.25, 0.3) is 11.0 Å². The number of carbonyl (C=O) groups excluding carboxylic acids is 1. The number of H-pyrrole nitrogens is 1. The van der Waals surface area contributed by atoms with E-state index in [2.05, 4.69) is 59.4 Å². The van der Waals surface area contributed by atoms with Crippen LogP contribution in [-0.2, 0) is 11.2 Å². The standard InChI is InChI=1S/C23H28N4O/c1-16-9-10-20-21(14-16)26-23(25-20)27-13-5-8-19(15-27)22(28)24-12-11-18-7-4-3-6-17(18)2/h3-4,6-7,9-10,14,19H,5,8,11-13,15H2,1-2H3,(H,24,28)(H,25,26)/t19-/m1/s1. The number of aromatic nitrogens is 2. The van der Waals surface area contributed by atoms with Crippen LogP contribution in [0, 0.1) is 19.8 Å². The monoisotopic (exact) mass is 376 g/mol. The van der Waals surface area contributed by atoms with Gasteiger partial charge in [0.15, 0.2) is 0 Å². The highest BCUT2D eigenvalue weighted by Gasteiger charge is 2.27. The lowest BCUT2D eigenvalue weighted by atomic mass is 9.97. The maximum atomic E-state index is 12.7. The fourth-order valence-corrected chi connectivity index (χ4v) is 4.00. The van der Waals surface area contributed by atoms with Crippen molar-refractivity contribution in [3.8, 4) is 0 Å². The van der Waals surface area contributed by atoms with E-state index in [1.807, 2.05) is 12.1 Å². The number of benzene rings is 2. The smallest absolute Gasteiger partial charge is 0.224 e. The Labute approximate surface area is 166 Å². The maximum Gasteiger partial charge on any atom is 0.224 e. The number of nitrogens with one attached hydrogen (secondary N) is 2. The minimum absolute atomic E-state index is 0.0144. The van der Waals surface area contributed by atoms with E-state index in [1.165, 1.54) is 16.7 Å². The SMILES string of the molecule is Cc1ccc2nc(N3CCC[C@@H](C(=O)NCCc4ccccc4C)C3)[nH]c2c1. The fraction of sp³-hybridized carbons (Fsp3) is 0.391. The fourth-order valence-electron chi connectivity index (χ4n) is 4.00. The quantitative estimate of drug-likeness (QED) is 0.713. The Hall–Kier alpha value is -2.82. The highest BCUT2D eigenvalue weighted by molar-refractivity contribution is 5.80. The molecule has 1 aliphatic rings. The summed E-state index contributed by atoms with van der Waals surface area (Å²) in [5, 5.41) is 3.14. The van der Waals surface area contributed by atoms with Gasteiger partial charge in [0, 0.05) is 19.6 Å². The van der Waals surface area contributed by atoms with E-state index in [1.54, 1.807) is 0 Å². The van der Waals surface area contributed by atoms with Gasteiger partial charge in [0.05, 0.1) is 17.0 Å². The van der Waals surface area contributed by atoms with Gasteiger partial charge in [-0.2, -0.15) is 0 Å². The van der Waals surface area contributed by atoms with Gasteiger partial charge < -0.3 is 15.2 Å². The minimum atomic E-state index is 0.0144. The molecule has 1 fully saturated rings. The lowest BCUT2D eigenvalue weighted by Gasteiger charge is -2.31. The zero-order valence-electron chi connectivity index (χ0n) is 16.7. The zero-order chi connectivity index (χ0) is 19.5. The number of rotatable bonds is 5. The van der Waals surface area contributed by atoms with Crippen molar-refractivity contribution in [2.45, 2.75) is 33.1 Å². The summed E-state index contributed by atoms with van der Waals surface area (Å²) in [6, 6.07) is 14.6. The molecule has 0 saturated carbocycles. The van der Waals surface area contributed by atoms with Crippen molar-refractivity contribution in [1.29, 1.82) is 0 Å². The second kappa shape index (κ2) is 8.05. The van der Waals surface area contributed by atoms with Crippen LogP contribution >= 0.6 is 0 Å². The van der Waals surface area contributed by atoms with Crippen molar-refractivity contribution < 1.29 is 4.79 Å². The van der Waals surface area contributed by atoms with E-state index in [4.69, 9.17) is 4.98 Å². The molecule has 5 nitrogen and oxygen atoms in total. The predicted octanol–water partition coefficient (Wildman–Crippen LogP) is 3.76. The third-order valence-corrected chi connectivity index (χ3v) is 5.67. The highest BCUT2D eigenvalue weighted by Crippen LogP contribution is 2.24. The second-order valence-electron chi connectivity index (χ2n) is 7.83. The molecule has 2 heterocycles. The summed E-state index contributed by atoms with van der Waals surface area (Å²) in [4.78, 5) is 23.1. The molecule has 0 aliphatic carbocycles. The maximum absolute atomic E-state index is 12.7. The normalized spacial score (nSPS) is 17.1. The van der Waals surface area contributed by atoms with Crippen molar-refractivity contribution in [3.05, 3.63) is 59.2 Å². The number of imidazole rings is 1. The molecule has 1 atom stereocenters. The number of amides is 1. The summed E-state index contributed by atoms with van der Waals surface area (Å²) in [5.41, 5.74) is 5.82. The topological polar surface area (TPSA) is 61.0 Å². The van der Waals surface area contributed by atoms with Crippen LogP contribution in [0.5, 0.6) is 0 Å². The first-order valence-electron chi connectivity index (χ1n) is 10.1. The molecule has 1 saturated heterocycles. The molecule has 0 spiro atoms. The molecule has 28 heavy (non-hydrogen) atoms. The number of aryl methyl sites for hydroxylation is 2. The van der Waals surface area contributed by atoms with Crippen LogP contribution < -0.4 is 10.2 Å². The zero-order valence-corrected chi connectivity index (χ0v) is 16.7. The first kappa shape index (κ1) is 18.5. The molecule has 5 heteroatoms. The van der Waals surface area contributed by atoms with Crippen LogP contribution in [0.4, 0.5) is 5.95 Å². The Bertz CT molecular complexity index is 978. The van der Waals surface area contributed by atoms with Gasteiger partial charge in [0.1, 0.15) is 0 Å². The van der Waals surface area contributed by atoms with Gasteiger partial charge in [-0.3, -0.25) is 4.79 Å². The number of carbonyl (C=O) groups is 1. The molecular weight excluding hydrogens is 348 g/mol. The van der Waals surface area contributed by atoms with Gasteiger partial charge in [-0.1, -0.05) is 30.3 Å². The summed E-state index contributed by atoms with van der Waals surface area (Å²) in [5.74, 6) is 1.05. The first-order chi connectivity index (χ1) is 13.6. The number of aromatic amines is 1. The van der Waals surface area contributed by atoms with Crippen LogP contribution in [0.2, 0.25) is 0 Å². The molecule has 2 aromatic carbocycles. The molecule has 2 N–H and O–H groups in total. The molecule has 1 amide bonds. The van der Waals surface area contributed by atoms with Crippen LogP contribution in [0.3, 0.4) is 0 Å². The summed E-state index contributed by atoms with van der Waals surface area (Å²) >= 11 is 0. The molecule has 4 rings (SSSR count). The summed E-state index contributed by atoms with van der Waals surface area (Å²) < 4.78 is 0. The van der Waals surface area contributed by atoms with Crippen molar-refractivity contribution in [1.82, 2.24) is 15.3 Å². The first-order valence-corrected chi connectivity index (χ1v) is 10.1. The molecule has 0 bridgehead atoms. The van der Waals surface area contributed by atoms with Crippen molar-refractivity contribution in [3.63, 3.8) is 0 Å². The van der Waals surface area contributed by atoms with Crippen LogP contribution in [0.15, 0.2) is 42.5 Å². The Morgan fingerprint density at radius 1 is 1.25 bits per heavy atom. The Kier molecular flexibility index (Phi) is 5.33. The van der Waals surface area contributed by atoms with E-state index in [0.717, 1.165) is 49.3 Å². The lowest BCUT2D eigenvalue weighted by Crippen LogP contribution is -2.43. The summed E-state index contributed by atoms with van der Waals surface area (Å²) in [6.07, 6.45) is 2.82. The Morgan fingerprint density at radius 2 is 2.11 bits per heavy atom. The number of nitrogens with zero attached hydrogens (tertiary/aromatic N) is 2. The molecule has 0 unspecified atom stereocenters. The number of hydrogen-bond donors (Lipinski definition) is 2. The molecule has 3 aromatic rings. The number of piperidine rings is 1. The molecule has 1 aliphatic heterocycles. The lowest BCUT2D eigenvalue weighted by molar-refractivity contribution is -0.125. The van der Waals surface area contributed by atoms with E-state index >= 15 is 0 Å². The van der Waals surface area contributed by atoms with Gasteiger partial charge in [-0.25, -0.2) is 4.98 Å². The average molecular weight is 377 g/mol. The van der Waals surface area contributed by atoms with Gasteiger partial charge in [0.2, 0.25) is 11.9 Å². The predicted molar refractivity (Wildman–Crippen MR) is 114 cm³/mol. The Morgan fingerprint density at radius 3 is 2.96 bits per heavy atom. The summed E-state index contributed by atoms with van der Waals surface area (Å²) in [6.45, 7) is 6.54. The van der Waals surface area contributed by atoms with E-state index < -0.39 is 0 Å². The Balaban J connectivity index is 1.36. The largest absolute Gasteiger partial charge is 0.355 e. The molecule has 0 radical (unpaired) electrons. The van der Waals surface area contributed by atoms with E-state index in [9.17, 15) is 4.79 Å². The molecular formula is C23H28N4O. The van der Waals surface area contributed by atoms with Gasteiger partial charge >= 0.3 is 0 Å². The number of hydrogen-bond acceptors (Lipinski definition) is 3. The van der Waals surface area contributed by atoms with Gasteiger partial charge in [-0.15, -0.1) is 0 Å². The number of fused-ring (bicyclic) bond motifs is 1. The third kappa shape index (κ3) is 4.03. The molecule has 1 aromatic heterocycles. The van der Waals surface area contributed by atoms with Gasteiger partial charge in [0.25, 0.3) is 0 Å². The van der Waals surface area contributed by atoms with Crippen molar-refractivity contribution in [2.75, 3.05) is 24.5 Å². The minimum Gasteiger partial charge on any atom is -0.355 e. The van der Waals surface area contributed by atoms with Gasteiger partial charge in [-0.05, 0) is 61.9 Å². The van der Waals surface area contributed by atoms with E-state index in [-0.39, 0.29) is 11.8 Å².